The second-order valence-corrected chi connectivity index (χ2v) is 12.4. The lowest BCUT2D eigenvalue weighted by Gasteiger charge is -2.34. The molecule has 12 heteroatoms. The van der Waals surface area contributed by atoms with E-state index in [4.69, 9.17) is 0 Å². The van der Waals surface area contributed by atoms with E-state index in [9.17, 15) is 35.6 Å². The number of hydrogen-bond donors (Lipinski definition) is 1. The molecule has 4 aromatic rings. The van der Waals surface area contributed by atoms with Gasteiger partial charge in [-0.3, -0.25) is 13.9 Å². The fraction of sp³-hybridized carbons (Fsp3) is 0.235. The molecule has 1 unspecified atom stereocenters. The smallest absolute Gasteiger partial charge is 0.354 e. The number of carbonyl (C=O) groups is 2. The Bertz CT molecular complexity index is 1720. The summed E-state index contributed by atoms with van der Waals surface area (Å²) in [5.41, 5.74) is -0.325. The number of benzene rings is 4. The molecule has 0 spiro atoms. The summed E-state index contributed by atoms with van der Waals surface area (Å²) in [5, 5.41) is 2.80. The van der Waals surface area contributed by atoms with Crippen LogP contribution in [0.3, 0.4) is 0 Å². The molecule has 0 aliphatic heterocycles. The average molecular weight is 656 g/mol. The summed E-state index contributed by atoms with van der Waals surface area (Å²) < 4.78 is 83.4. The van der Waals surface area contributed by atoms with Gasteiger partial charge in [0.05, 0.1) is 16.1 Å². The van der Waals surface area contributed by atoms with Crippen molar-refractivity contribution in [3.05, 3.63) is 132 Å². The number of nitrogens with one attached hydrogen (secondary N) is 1. The van der Waals surface area contributed by atoms with Gasteiger partial charge in [0.1, 0.15) is 18.4 Å². The minimum Gasteiger partial charge on any atom is -0.354 e. The van der Waals surface area contributed by atoms with E-state index in [1.165, 1.54) is 59.5 Å². The first-order valence-electron chi connectivity index (χ1n) is 14.5. The Morgan fingerprint density at radius 3 is 2.07 bits per heavy atom. The standard InChI is InChI=1S/C34H33F4N3O4S/c1-2-20-39-33(43)31(21-25-10-5-3-6-11-25)40(23-26-16-18-28(35)19-17-26)32(42)24-41(46(44,45)30-14-7-4-8-15-30)29-13-9-12-27(22-29)34(36,37)38/h3-19,22,31H,2,20-21,23-24H2,1H3,(H,39,43). The molecule has 0 aliphatic carbocycles. The number of anilines is 1. The molecule has 0 saturated heterocycles. The van der Waals surface area contributed by atoms with Crippen molar-refractivity contribution in [2.75, 3.05) is 17.4 Å². The fourth-order valence-corrected chi connectivity index (χ4v) is 6.22. The van der Waals surface area contributed by atoms with Gasteiger partial charge in [-0.2, -0.15) is 13.2 Å². The van der Waals surface area contributed by atoms with Crippen LogP contribution in [0.2, 0.25) is 0 Å². The van der Waals surface area contributed by atoms with Crippen LogP contribution in [0.25, 0.3) is 0 Å². The number of carbonyl (C=O) groups excluding carboxylic acids is 2. The van der Waals surface area contributed by atoms with E-state index in [0.29, 0.717) is 34.5 Å². The lowest BCUT2D eigenvalue weighted by molar-refractivity contribution is -0.140. The number of nitrogens with zero attached hydrogens (tertiary/aromatic N) is 2. The second kappa shape index (κ2) is 15.0. The molecular formula is C34H33F4N3O4S. The molecule has 1 N–H and O–H groups in total. The van der Waals surface area contributed by atoms with Gasteiger partial charge in [-0.25, -0.2) is 12.8 Å². The third kappa shape index (κ3) is 8.72. The molecular weight excluding hydrogens is 622 g/mol. The normalized spacial score (nSPS) is 12.3. The molecule has 1 atom stereocenters. The Hall–Kier alpha value is -4.71. The van der Waals surface area contributed by atoms with Crippen molar-refractivity contribution < 1.29 is 35.6 Å². The van der Waals surface area contributed by atoms with Crippen molar-refractivity contribution in [3.63, 3.8) is 0 Å². The summed E-state index contributed by atoms with van der Waals surface area (Å²) >= 11 is 0. The Morgan fingerprint density at radius 1 is 0.826 bits per heavy atom. The minimum absolute atomic E-state index is 0.0539. The third-order valence-corrected chi connectivity index (χ3v) is 8.95. The van der Waals surface area contributed by atoms with E-state index >= 15 is 0 Å². The first kappa shape index (κ1) is 34.2. The van der Waals surface area contributed by atoms with Gasteiger partial charge in [-0.1, -0.05) is 73.7 Å². The average Bonchev–Trinajstić information content (AvgIpc) is 3.05. The molecule has 2 amide bonds. The predicted molar refractivity (Wildman–Crippen MR) is 167 cm³/mol. The molecule has 4 aromatic carbocycles. The van der Waals surface area contributed by atoms with E-state index in [1.807, 2.05) is 6.92 Å². The van der Waals surface area contributed by atoms with Crippen LogP contribution in [0.5, 0.6) is 0 Å². The lowest BCUT2D eigenvalue weighted by Crippen LogP contribution is -2.53. The van der Waals surface area contributed by atoms with Gasteiger partial charge < -0.3 is 10.2 Å². The predicted octanol–water partition coefficient (Wildman–Crippen LogP) is 6.21. The summed E-state index contributed by atoms with van der Waals surface area (Å²) in [4.78, 5) is 28.9. The molecule has 0 aromatic heterocycles. The maximum atomic E-state index is 14.3. The van der Waals surface area contributed by atoms with E-state index in [2.05, 4.69) is 5.32 Å². The molecule has 0 heterocycles. The molecule has 0 saturated carbocycles. The zero-order valence-electron chi connectivity index (χ0n) is 25.0. The maximum absolute atomic E-state index is 14.3. The summed E-state index contributed by atoms with van der Waals surface area (Å²) in [5.74, 6) is -1.88. The largest absolute Gasteiger partial charge is 0.416 e. The first-order chi connectivity index (χ1) is 21.9. The Kier molecular flexibility index (Phi) is 11.2. The SMILES string of the molecule is CCCNC(=O)C(Cc1ccccc1)N(Cc1ccc(F)cc1)C(=O)CN(c1cccc(C(F)(F)F)c1)S(=O)(=O)c1ccccc1. The first-order valence-corrected chi connectivity index (χ1v) is 15.9. The fourth-order valence-electron chi connectivity index (χ4n) is 4.79. The van der Waals surface area contributed by atoms with E-state index in [1.54, 1.807) is 36.4 Å². The van der Waals surface area contributed by atoms with Gasteiger partial charge in [0.15, 0.2) is 0 Å². The van der Waals surface area contributed by atoms with Crippen molar-refractivity contribution in [1.82, 2.24) is 10.2 Å². The minimum atomic E-state index is -4.78. The van der Waals surface area contributed by atoms with Gasteiger partial charge in [-0.05, 0) is 60.0 Å². The van der Waals surface area contributed by atoms with Crippen molar-refractivity contribution in [2.45, 2.75) is 43.4 Å². The topological polar surface area (TPSA) is 86.8 Å². The Labute approximate surface area is 265 Å². The number of hydrogen-bond acceptors (Lipinski definition) is 4. The summed E-state index contributed by atoms with van der Waals surface area (Å²) in [6.07, 6.45) is -4.12. The van der Waals surface area contributed by atoms with E-state index in [-0.39, 0.29) is 23.5 Å². The highest BCUT2D eigenvalue weighted by molar-refractivity contribution is 7.92. The van der Waals surface area contributed by atoms with Crippen molar-refractivity contribution >= 4 is 27.5 Å². The molecule has 4 rings (SSSR count). The lowest BCUT2D eigenvalue weighted by atomic mass is 10.0. The molecule has 46 heavy (non-hydrogen) atoms. The molecule has 0 bridgehead atoms. The number of halogens is 4. The van der Waals surface area contributed by atoms with Crippen LogP contribution in [0.4, 0.5) is 23.2 Å². The highest BCUT2D eigenvalue weighted by Crippen LogP contribution is 2.33. The number of alkyl halides is 3. The number of amides is 2. The highest BCUT2D eigenvalue weighted by atomic mass is 32.2. The van der Waals surface area contributed by atoms with Crippen LogP contribution in [0.1, 0.15) is 30.0 Å². The zero-order chi connectivity index (χ0) is 33.3. The van der Waals surface area contributed by atoms with Crippen LogP contribution in [-0.2, 0) is 38.8 Å². The van der Waals surface area contributed by atoms with Crippen LogP contribution in [0.15, 0.2) is 114 Å². The van der Waals surface area contributed by atoms with Crippen LogP contribution in [0, 0.1) is 5.82 Å². The summed E-state index contributed by atoms with van der Waals surface area (Å²) in [7, 11) is -4.57. The van der Waals surface area contributed by atoms with Crippen molar-refractivity contribution in [1.29, 1.82) is 0 Å². The quantitative estimate of drug-likeness (QED) is 0.174. The Morgan fingerprint density at radius 2 is 1.46 bits per heavy atom. The molecule has 0 fully saturated rings. The van der Waals surface area contributed by atoms with Crippen LogP contribution >= 0.6 is 0 Å². The van der Waals surface area contributed by atoms with Crippen LogP contribution in [-0.4, -0.2) is 44.3 Å². The van der Waals surface area contributed by atoms with E-state index in [0.717, 1.165) is 12.1 Å². The summed E-state index contributed by atoms with van der Waals surface area (Å²) in [6, 6.07) is 23.7. The second-order valence-electron chi connectivity index (χ2n) is 10.5. The monoisotopic (exact) mass is 655 g/mol. The van der Waals surface area contributed by atoms with Gasteiger partial charge in [-0.15, -0.1) is 0 Å². The molecule has 7 nitrogen and oxygen atoms in total. The Balaban J connectivity index is 1.82. The highest BCUT2D eigenvalue weighted by Gasteiger charge is 2.36. The van der Waals surface area contributed by atoms with Gasteiger partial charge in [0.2, 0.25) is 11.8 Å². The van der Waals surface area contributed by atoms with E-state index < -0.39 is 52.0 Å². The number of rotatable bonds is 13. The van der Waals surface area contributed by atoms with Gasteiger partial charge >= 0.3 is 6.18 Å². The zero-order valence-corrected chi connectivity index (χ0v) is 25.8. The summed E-state index contributed by atoms with van der Waals surface area (Å²) in [6.45, 7) is 1.03. The van der Waals surface area contributed by atoms with Crippen LogP contribution < -0.4 is 9.62 Å². The maximum Gasteiger partial charge on any atom is 0.416 e. The van der Waals surface area contributed by atoms with Gasteiger partial charge in [0.25, 0.3) is 10.0 Å². The molecule has 242 valence electrons. The van der Waals surface area contributed by atoms with Crippen molar-refractivity contribution in [3.8, 4) is 0 Å². The van der Waals surface area contributed by atoms with Gasteiger partial charge in [0, 0.05) is 19.5 Å². The molecule has 0 aliphatic rings. The number of sulfonamides is 1. The third-order valence-electron chi connectivity index (χ3n) is 7.16. The molecule has 0 radical (unpaired) electrons. The van der Waals surface area contributed by atoms with Crippen molar-refractivity contribution in [2.24, 2.45) is 0 Å².